The number of hydrogen-bond donors (Lipinski definition) is 4. The van der Waals surface area contributed by atoms with Crippen LogP contribution < -0.4 is 5.73 Å². The Hall–Kier alpha value is -0.240. The van der Waals surface area contributed by atoms with Gasteiger partial charge in [-0.1, -0.05) is 19.8 Å². The van der Waals surface area contributed by atoms with E-state index in [0.717, 1.165) is 19.3 Å². The first kappa shape index (κ1) is 14.8. The molecule has 1 saturated heterocycles. The molecule has 0 saturated carbocycles. The summed E-state index contributed by atoms with van der Waals surface area (Å²) in [5.41, 5.74) is 5.70. The van der Waals surface area contributed by atoms with Crippen LogP contribution in [0.25, 0.3) is 0 Å². The summed E-state index contributed by atoms with van der Waals surface area (Å²) >= 11 is 0. The number of nitrogens with two attached hydrogens (primary N) is 1. The van der Waals surface area contributed by atoms with Crippen LogP contribution in [0.4, 0.5) is 0 Å². The average Bonchev–Trinajstić information content (AvgIpc) is 2.34. The summed E-state index contributed by atoms with van der Waals surface area (Å²) in [6.07, 6.45) is -0.908. The van der Waals surface area contributed by atoms with Gasteiger partial charge in [-0.25, -0.2) is 0 Å². The van der Waals surface area contributed by atoms with Crippen molar-refractivity contribution in [2.45, 2.75) is 56.8 Å². The average molecular weight is 249 g/mol. The lowest BCUT2D eigenvalue weighted by Crippen LogP contribution is -2.62. The van der Waals surface area contributed by atoms with Gasteiger partial charge >= 0.3 is 0 Å². The van der Waals surface area contributed by atoms with Gasteiger partial charge in [-0.15, -0.1) is 0 Å². The van der Waals surface area contributed by atoms with Crippen molar-refractivity contribution in [3.63, 3.8) is 0 Å². The predicted molar refractivity (Wildman–Crippen MR) is 61.2 cm³/mol. The standard InChI is InChI=1S/C11H23NO5/c1-2-3-4-5-16-11-8(12)10(15)9(14)7(6-13)17-11/h7-11,13-15H,2-6,12H2,1H3/t7-,8-,9-,10-,11?/m1/s1. The fraction of sp³-hybridized carbons (Fsp3) is 1.00. The van der Waals surface area contributed by atoms with Gasteiger partial charge in [0.05, 0.1) is 12.6 Å². The molecule has 0 radical (unpaired) electrons. The highest BCUT2D eigenvalue weighted by atomic mass is 16.7. The molecule has 0 bridgehead atoms. The van der Waals surface area contributed by atoms with Gasteiger partial charge in [0, 0.05) is 6.61 Å². The van der Waals surface area contributed by atoms with Crippen molar-refractivity contribution in [3.05, 3.63) is 0 Å². The van der Waals surface area contributed by atoms with Crippen LogP contribution in [0.1, 0.15) is 26.2 Å². The smallest absolute Gasteiger partial charge is 0.175 e. The maximum Gasteiger partial charge on any atom is 0.175 e. The highest BCUT2D eigenvalue weighted by molar-refractivity contribution is 4.91. The molecular formula is C11H23NO5. The molecular weight excluding hydrogens is 226 g/mol. The minimum absolute atomic E-state index is 0.375. The van der Waals surface area contributed by atoms with Crippen LogP contribution in [-0.2, 0) is 9.47 Å². The van der Waals surface area contributed by atoms with Crippen LogP contribution in [0.5, 0.6) is 0 Å². The van der Waals surface area contributed by atoms with E-state index < -0.39 is 30.6 Å². The largest absolute Gasteiger partial charge is 0.394 e. The summed E-state index contributed by atoms with van der Waals surface area (Å²) in [5, 5.41) is 28.2. The van der Waals surface area contributed by atoms with E-state index >= 15 is 0 Å². The zero-order chi connectivity index (χ0) is 12.8. The zero-order valence-corrected chi connectivity index (χ0v) is 10.2. The molecule has 1 heterocycles. The second-order valence-corrected chi connectivity index (χ2v) is 4.36. The van der Waals surface area contributed by atoms with E-state index in [1.807, 2.05) is 0 Å². The van der Waals surface area contributed by atoms with Gasteiger partial charge in [0.15, 0.2) is 6.29 Å². The third kappa shape index (κ3) is 3.87. The van der Waals surface area contributed by atoms with Gasteiger partial charge in [0.1, 0.15) is 18.3 Å². The molecule has 0 aliphatic carbocycles. The SMILES string of the molecule is CCCCCOC1O[C@H](CO)[C@@H](O)[C@H](O)[C@H]1N. The highest BCUT2D eigenvalue weighted by Gasteiger charge is 2.42. The molecule has 1 aliphatic heterocycles. The van der Waals surface area contributed by atoms with Crippen molar-refractivity contribution in [3.8, 4) is 0 Å². The first-order valence-corrected chi connectivity index (χ1v) is 6.11. The highest BCUT2D eigenvalue weighted by Crippen LogP contribution is 2.20. The number of ether oxygens (including phenoxy) is 2. The fourth-order valence-corrected chi connectivity index (χ4v) is 1.81. The van der Waals surface area contributed by atoms with Crippen LogP contribution in [0.15, 0.2) is 0 Å². The van der Waals surface area contributed by atoms with Crippen molar-refractivity contribution in [1.82, 2.24) is 0 Å². The van der Waals surface area contributed by atoms with Gasteiger partial charge in [-0.3, -0.25) is 0 Å². The Morgan fingerprint density at radius 2 is 1.94 bits per heavy atom. The van der Waals surface area contributed by atoms with Crippen molar-refractivity contribution in [2.75, 3.05) is 13.2 Å². The summed E-state index contributed by atoms with van der Waals surface area (Å²) in [6.45, 7) is 2.21. The number of rotatable bonds is 6. The second kappa shape index (κ2) is 7.25. The molecule has 5 N–H and O–H groups in total. The molecule has 17 heavy (non-hydrogen) atoms. The normalized spacial score (nSPS) is 38.3. The first-order chi connectivity index (χ1) is 8.11. The lowest BCUT2D eigenvalue weighted by molar-refractivity contribution is -0.265. The van der Waals surface area contributed by atoms with Crippen molar-refractivity contribution < 1.29 is 24.8 Å². The number of unbranched alkanes of at least 4 members (excludes halogenated alkanes) is 2. The quantitative estimate of drug-likeness (QED) is 0.448. The first-order valence-electron chi connectivity index (χ1n) is 6.11. The summed E-state index contributed by atoms with van der Waals surface area (Å²) in [7, 11) is 0. The van der Waals surface area contributed by atoms with Crippen molar-refractivity contribution >= 4 is 0 Å². The number of hydrogen-bond acceptors (Lipinski definition) is 6. The van der Waals surface area contributed by atoms with E-state index in [2.05, 4.69) is 6.92 Å². The minimum atomic E-state index is -1.18. The molecule has 1 unspecified atom stereocenters. The second-order valence-electron chi connectivity index (χ2n) is 4.36. The Morgan fingerprint density at radius 1 is 1.24 bits per heavy atom. The van der Waals surface area contributed by atoms with Crippen LogP contribution in [0.3, 0.4) is 0 Å². The maximum atomic E-state index is 9.67. The summed E-state index contributed by atoms with van der Waals surface area (Å²) in [4.78, 5) is 0. The Balaban J connectivity index is 2.42. The van der Waals surface area contributed by atoms with E-state index in [1.54, 1.807) is 0 Å². The van der Waals surface area contributed by atoms with Crippen LogP contribution in [-0.4, -0.2) is 59.2 Å². The summed E-state index contributed by atoms with van der Waals surface area (Å²) in [6, 6.07) is -0.797. The predicted octanol–water partition coefficient (Wildman–Crippen LogP) is -1.04. The fourth-order valence-electron chi connectivity index (χ4n) is 1.81. The third-order valence-electron chi connectivity index (χ3n) is 2.96. The molecule has 1 fully saturated rings. The monoisotopic (exact) mass is 249 g/mol. The van der Waals surface area contributed by atoms with E-state index in [4.69, 9.17) is 20.3 Å². The van der Waals surface area contributed by atoms with Crippen LogP contribution in [0, 0.1) is 0 Å². The number of aliphatic hydroxyl groups is 3. The molecule has 5 atom stereocenters. The molecule has 0 aromatic carbocycles. The summed E-state index contributed by atoms with van der Waals surface area (Å²) in [5.74, 6) is 0. The minimum Gasteiger partial charge on any atom is -0.394 e. The van der Waals surface area contributed by atoms with Crippen LogP contribution in [0.2, 0.25) is 0 Å². The van der Waals surface area contributed by atoms with Gasteiger partial charge in [-0.05, 0) is 6.42 Å². The van der Waals surface area contributed by atoms with E-state index in [-0.39, 0.29) is 6.61 Å². The van der Waals surface area contributed by atoms with Gasteiger partial charge in [0.25, 0.3) is 0 Å². The summed E-state index contributed by atoms with van der Waals surface area (Å²) < 4.78 is 10.7. The zero-order valence-electron chi connectivity index (χ0n) is 10.2. The van der Waals surface area contributed by atoms with E-state index in [0.29, 0.717) is 6.61 Å². The van der Waals surface area contributed by atoms with Crippen LogP contribution >= 0.6 is 0 Å². The topological polar surface area (TPSA) is 105 Å². The Kier molecular flexibility index (Phi) is 6.32. The lowest BCUT2D eigenvalue weighted by Gasteiger charge is -2.40. The lowest BCUT2D eigenvalue weighted by atomic mass is 9.98. The molecule has 0 aromatic heterocycles. The molecule has 102 valence electrons. The Morgan fingerprint density at radius 3 is 2.53 bits per heavy atom. The van der Waals surface area contributed by atoms with Gasteiger partial charge < -0.3 is 30.5 Å². The molecule has 6 heteroatoms. The molecule has 0 aromatic rings. The Bertz CT molecular complexity index is 214. The molecule has 1 rings (SSSR count). The van der Waals surface area contributed by atoms with Gasteiger partial charge in [-0.2, -0.15) is 0 Å². The Labute approximate surface area is 101 Å². The molecule has 1 aliphatic rings. The van der Waals surface area contributed by atoms with Crippen molar-refractivity contribution in [1.29, 1.82) is 0 Å². The van der Waals surface area contributed by atoms with E-state index in [1.165, 1.54) is 0 Å². The maximum absolute atomic E-state index is 9.67. The molecule has 6 nitrogen and oxygen atoms in total. The van der Waals surface area contributed by atoms with E-state index in [9.17, 15) is 10.2 Å². The third-order valence-corrected chi connectivity index (χ3v) is 2.96. The molecule has 0 spiro atoms. The van der Waals surface area contributed by atoms with Gasteiger partial charge in [0.2, 0.25) is 0 Å². The molecule has 0 amide bonds. The number of aliphatic hydroxyl groups excluding tert-OH is 3. The van der Waals surface area contributed by atoms with Crippen molar-refractivity contribution in [2.24, 2.45) is 5.73 Å².